The van der Waals surface area contributed by atoms with Gasteiger partial charge in [-0.15, -0.1) is 0 Å². The lowest BCUT2D eigenvalue weighted by Gasteiger charge is -2.33. The average Bonchev–Trinajstić information content (AvgIpc) is 3.30. The Balaban J connectivity index is 1.61. The molecule has 7 heteroatoms. The molecule has 146 valence electrons. The normalized spacial score (nSPS) is 19.4. The van der Waals surface area contributed by atoms with Crippen LogP contribution >= 0.6 is 0 Å². The highest BCUT2D eigenvalue weighted by Crippen LogP contribution is 2.28. The van der Waals surface area contributed by atoms with E-state index in [2.05, 4.69) is 28.8 Å². The molecule has 4 rings (SSSR count). The van der Waals surface area contributed by atoms with Crippen LogP contribution in [0.25, 0.3) is 5.65 Å². The fraction of sp³-hybridized carbons (Fsp3) is 0.650. The van der Waals surface area contributed by atoms with Gasteiger partial charge in [0.2, 0.25) is 0 Å². The number of carbonyl (C=O) groups excluding carboxylic acids is 1. The summed E-state index contributed by atoms with van der Waals surface area (Å²) < 4.78 is 1.79. The third-order valence-electron chi connectivity index (χ3n) is 5.79. The Morgan fingerprint density at radius 3 is 2.59 bits per heavy atom. The lowest BCUT2D eigenvalue weighted by molar-refractivity contribution is 0.0794. The van der Waals surface area contributed by atoms with Crippen molar-refractivity contribution in [3.05, 3.63) is 33.9 Å². The molecule has 0 atom stereocenters. The predicted molar refractivity (Wildman–Crippen MR) is 104 cm³/mol. The molecule has 0 unspecified atom stereocenters. The molecule has 0 radical (unpaired) electrons. The smallest absolute Gasteiger partial charge is 0.259 e. The molecule has 2 aromatic heterocycles. The minimum atomic E-state index is -0.155. The Morgan fingerprint density at radius 1 is 1.22 bits per heavy atom. The Morgan fingerprint density at radius 2 is 1.93 bits per heavy atom. The average molecular weight is 371 g/mol. The Bertz CT molecular complexity index is 870. The minimum Gasteiger partial charge on any atom is -0.338 e. The van der Waals surface area contributed by atoms with E-state index in [0.29, 0.717) is 23.0 Å². The van der Waals surface area contributed by atoms with Crippen molar-refractivity contribution in [3.63, 3.8) is 0 Å². The summed E-state index contributed by atoms with van der Waals surface area (Å²) in [5.74, 6) is 0.938. The summed E-state index contributed by atoms with van der Waals surface area (Å²) in [4.78, 5) is 32.3. The molecule has 0 saturated carbocycles. The third-order valence-corrected chi connectivity index (χ3v) is 5.79. The number of carbonyl (C=O) groups is 1. The van der Waals surface area contributed by atoms with Gasteiger partial charge in [-0.05, 0) is 44.7 Å². The Kier molecular flexibility index (Phi) is 5.04. The van der Waals surface area contributed by atoms with Crippen LogP contribution in [0, 0.1) is 5.92 Å². The van der Waals surface area contributed by atoms with Crippen LogP contribution in [-0.2, 0) is 0 Å². The van der Waals surface area contributed by atoms with Crippen molar-refractivity contribution in [2.45, 2.75) is 45.4 Å². The monoisotopic (exact) mass is 371 g/mol. The van der Waals surface area contributed by atoms with Gasteiger partial charge in [-0.25, -0.2) is 4.52 Å². The van der Waals surface area contributed by atoms with E-state index >= 15 is 0 Å². The molecule has 7 nitrogen and oxygen atoms in total. The highest BCUT2D eigenvalue weighted by atomic mass is 16.2. The second-order valence-corrected chi connectivity index (χ2v) is 8.35. The first-order chi connectivity index (χ1) is 13.0. The third kappa shape index (κ3) is 3.65. The summed E-state index contributed by atoms with van der Waals surface area (Å²) in [6.07, 6.45) is 5.73. The van der Waals surface area contributed by atoms with Crippen LogP contribution in [0.5, 0.6) is 0 Å². The van der Waals surface area contributed by atoms with E-state index in [1.807, 2.05) is 4.90 Å². The number of amides is 1. The van der Waals surface area contributed by atoms with Crippen LogP contribution in [0.2, 0.25) is 0 Å². The van der Waals surface area contributed by atoms with Crippen molar-refractivity contribution in [2.75, 3.05) is 32.7 Å². The van der Waals surface area contributed by atoms with Crippen LogP contribution in [-0.4, -0.2) is 63.0 Å². The van der Waals surface area contributed by atoms with Gasteiger partial charge in [-0.1, -0.05) is 13.8 Å². The fourth-order valence-electron chi connectivity index (χ4n) is 4.48. The maximum absolute atomic E-state index is 12.8. The van der Waals surface area contributed by atoms with Gasteiger partial charge >= 0.3 is 0 Å². The molecule has 0 spiro atoms. The zero-order chi connectivity index (χ0) is 19.0. The number of nitrogens with one attached hydrogen (secondary N) is 1. The van der Waals surface area contributed by atoms with E-state index in [0.717, 1.165) is 64.1 Å². The molecule has 2 aliphatic rings. The van der Waals surface area contributed by atoms with Crippen LogP contribution in [0.1, 0.15) is 61.5 Å². The highest BCUT2D eigenvalue weighted by Gasteiger charge is 2.27. The van der Waals surface area contributed by atoms with Gasteiger partial charge in [0, 0.05) is 31.6 Å². The Labute approximate surface area is 159 Å². The van der Waals surface area contributed by atoms with Crippen molar-refractivity contribution < 1.29 is 4.79 Å². The van der Waals surface area contributed by atoms with Crippen LogP contribution in [0.3, 0.4) is 0 Å². The van der Waals surface area contributed by atoms with Crippen LogP contribution < -0.4 is 5.56 Å². The van der Waals surface area contributed by atoms with Gasteiger partial charge in [-0.3, -0.25) is 9.59 Å². The number of rotatable bonds is 4. The number of nitrogens with zero attached hydrogens (tertiary/aromatic N) is 4. The molecular formula is C20H29N5O2. The molecule has 27 heavy (non-hydrogen) atoms. The molecule has 2 fully saturated rings. The van der Waals surface area contributed by atoms with Gasteiger partial charge in [0.25, 0.3) is 11.5 Å². The molecule has 0 bridgehead atoms. The number of hydrogen-bond acceptors (Lipinski definition) is 4. The SMILES string of the molecule is CC(C)CN1CCC(c2cc(=O)[nH]c3c(C(=O)N4CCCC4)cnn23)CC1. The molecule has 0 aliphatic carbocycles. The molecule has 0 aromatic carbocycles. The number of likely N-dealkylation sites (tertiary alicyclic amines) is 2. The maximum Gasteiger partial charge on any atom is 0.259 e. The summed E-state index contributed by atoms with van der Waals surface area (Å²) in [5.41, 5.74) is 1.82. The number of piperidine rings is 1. The molecule has 4 heterocycles. The quantitative estimate of drug-likeness (QED) is 0.893. The van der Waals surface area contributed by atoms with E-state index in [1.165, 1.54) is 0 Å². The second kappa shape index (κ2) is 7.46. The van der Waals surface area contributed by atoms with Gasteiger partial charge in [0.05, 0.1) is 11.9 Å². The standard InChI is InChI=1S/C20H29N5O2/c1-14(2)13-23-9-5-15(6-10-23)17-11-18(26)22-19-16(12-21-25(17)19)20(27)24-7-3-4-8-24/h11-12,14-15H,3-10,13H2,1-2H3,(H,22,26). The van der Waals surface area contributed by atoms with E-state index in [-0.39, 0.29) is 11.5 Å². The van der Waals surface area contributed by atoms with Crippen LogP contribution in [0.15, 0.2) is 17.1 Å². The summed E-state index contributed by atoms with van der Waals surface area (Å²) in [6.45, 7) is 9.26. The Hall–Kier alpha value is -2.15. The number of hydrogen-bond donors (Lipinski definition) is 1. The van der Waals surface area contributed by atoms with E-state index in [1.54, 1.807) is 16.8 Å². The number of H-pyrrole nitrogens is 1. The fourth-order valence-corrected chi connectivity index (χ4v) is 4.48. The first-order valence-electron chi connectivity index (χ1n) is 10.2. The van der Waals surface area contributed by atoms with Crippen molar-refractivity contribution >= 4 is 11.6 Å². The van der Waals surface area contributed by atoms with E-state index in [9.17, 15) is 9.59 Å². The lowest BCUT2D eigenvalue weighted by atomic mass is 9.92. The van der Waals surface area contributed by atoms with Crippen molar-refractivity contribution in [1.29, 1.82) is 0 Å². The maximum atomic E-state index is 12.8. The highest BCUT2D eigenvalue weighted by molar-refractivity contribution is 5.99. The zero-order valence-corrected chi connectivity index (χ0v) is 16.3. The van der Waals surface area contributed by atoms with Crippen molar-refractivity contribution in [2.24, 2.45) is 5.92 Å². The van der Waals surface area contributed by atoms with E-state index < -0.39 is 0 Å². The number of aromatic amines is 1. The molecule has 2 aliphatic heterocycles. The molecule has 1 N–H and O–H groups in total. The molecule has 2 saturated heterocycles. The molecular weight excluding hydrogens is 342 g/mol. The number of fused-ring (bicyclic) bond motifs is 1. The zero-order valence-electron chi connectivity index (χ0n) is 16.3. The molecule has 1 amide bonds. The second-order valence-electron chi connectivity index (χ2n) is 8.35. The van der Waals surface area contributed by atoms with Crippen LogP contribution in [0.4, 0.5) is 0 Å². The number of aromatic nitrogens is 3. The minimum absolute atomic E-state index is 0.0259. The first-order valence-corrected chi connectivity index (χ1v) is 10.2. The topological polar surface area (TPSA) is 73.7 Å². The lowest BCUT2D eigenvalue weighted by Crippen LogP contribution is -2.36. The van der Waals surface area contributed by atoms with Gasteiger partial charge in [0.15, 0.2) is 0 Å². The van der Waals surface area contributed by atoms with Gasteiger partial charge in [0.1, 0.15) is 11.2 Å². The van der Waals surface area contributed by atoms with Gasteiger partial charge in [-0.2, -0.15) is 5.10 Å². The summed E-state index contributed by atoms with van der Waals surface area (Å²) in [5, 5.41) is 4.48. The first kappa shape index (κ1) is 18.2. The van der Waals surface area contributed by atoms with Gasteiger partial charge < -0.3 is 14.8 Å². The predicted octanol–water partition coefficient (Wildman–Crippen LogP) is 2.09. The van der Waals surface area contributed by atoms with E-state index in [4.69, 9.17) is 0 Å². The summed E-state index contributed by atoms with van der Waals surface area (Å²) in [6, 6.07) is 1.66. The summed E-state index contributed by atoms with van der Waals surface area (Å²) in [7, 11) is 0. The molecule has 2 aromatic rings. The van der Waals surface area contributed by atoms with Crippen molar-refractivity contribution in [1.82, 2.24) is 24.4 Å². The summed E-state index contributed by atoms with van der Waals surface area (Å²) >= 11 is 0. The largest absolute Gasteiger partial charge is 0.338 e. The van der Waals surface area contributed by atoms with Crippen molar-refractivity contribution in [3.8, 4) is 0 Å².